The number of pyridine rings is 1. The van der Waals surface area contributed by atoms with Gasteiger partial charge in [-0.1, -0.05) is 11.6 Å². The Hall–Kier alpha value is -1.44. The highest BCUT2D eigenvalue weighted by Gasteiger charge is 2.25. The van der Waals surface area contributed by atoms with E-state index in [1.807, 2.05) is 0 Å². The zero-order valence-corrected chi connectivity index (χ0v) is 16.2. The molecule has 0 N–H and O–H groups in total. The largest absolute Gasteiger partial charge is 0.373 e. The first-order valence-electron chi connectivity index (χ1n) is 9.35. The molecule has 2 aliphatic rings. The molecule has 0 aliphatic carbocycles. The first-order chi connectivity index (χ1) is 12.4. The van der Waals surface area contributed by atoms with Crippen LogP contribution in [0.5, 0.6) is 0 Å². The molecule has 0 saturated carbocycles. The standard InChI is InChI=1S/C18H27ClN4O3/c1-13-11-21(12-14(2)26-13)6-3-15-4-7-22(8-5-15)18-17(19)9-16(10-20-18)23(24)25/h9-10,13-15H,3-8,11-12H2,1-2H3. The number of nitro groups is 1. The van der Waals surface area contributed by atoms with E-state index in [2.05, 4.69) is 28.6 Å². The molecular weight excluding hydrogens is 356 g/mol. The molecule has 8 heteroatoms. The number of anilines is 1. The molecule has 7 nitrogen and oxygen atoms in total. The van der Waals surface area contributed by atoms with E-state index in [1.54, 1.807) is 0 Å². The molecule has 0 radical (unpaired) electrons. The highest BCUT2D eigenvalue weighted by atomic mass is 35.5. The summed E-state index contributed by atoms with van der Waals surface area (Å²) in [6, 6.07) is 1.39. The predicted molar refractivity (Wildman–Crippen MR) is 102 cm³/mol. The Labute approximate surface area is 159 Å². The van der Waals surface area contributed by atoms with Crippen LogP contribution in [0.25, 0.3) is 0 Å². The van der Waals surface area contributed by atoms with Crippen LogP contribution in [0.1, 0.15) is 33.1 Å². The summed E-state index contributed by atoms with van der Waals surface area (Å²) >= 11 is 6.21. The number of halogens is 1. The topological polar surface area (TPSA) is 71.7 Å². The van der Waals surface area contributed by atoms with Crippen molar-refractivity contribution in [1.82, 2.24) is 9.88 Å². The Kier molecular flexibility index (Phi) is 6.32. The Morgan fingerprint density at radius 3 is 2.54 bits per heavy atom. The molecule has 2 atom stereocenters. The minimum atomic E-state index is -0.470. The van der Waals surface area contributed by atoms with E-state index in [0.717, 1.165) is 45.6 Å². The van der Waals surface area contributed by atoms with Gasteiger partial charge >= 0.3 is 0 Å². The van der Waals surface area contributed by atoms with Crippen molar-refractivity contribution in [3.63, 3.8) is 0 Å². The normalized spacial score (nSPS) is 25.4. The number of nitrogens with zero attached hydrogens (tertiary/aromatic N) is 4. The zero-order chi connectivity index (χ0) is 18.7. The van der Waals surface area contributed by atoms with Crippen LogP contribution < -0.4 is 4.90 Å². The third-order valence-electron chi connectivity index (χ3n) is 5.28. The Morgan fingerprint density at radius 2 is 1.96 bits per heavy atom. The van der Waals surface area contributed by atoms with Crippen molar-refractivity contribution >= 4 is 23.1 Å². The van der Waals surface area contributed by atoms with Gasteiger partial charge in [0, 0.05) is 32.2 Å². The Balaban J connectivity index is 1.48. The molecule has 1 aromatic rings. The summed E-state index contributed by atoms with van der Waals surface area (Å²) in [6.07, 6.45) is 5.32. The monoisotopic (exact) mass is 382 g/mol. The van der Waals surface area contributed by atoms with Crippen molar-refractivity contribution < 1.29 is 9.66 Å². The van der Waals surface area contributed by atoms with Gasteiger partial charge < -0.3 is 9.64 Å². The summed E-state index contributed by atoms with van der Waals surface area (Å²) in [7, 11) is 0. The van der Waals surface area contributed by atoms with Gasteiger partial charge in [-0.2, -0.15) is 0 Å². The number of ether oxygens (including phenoxy) is 1. The molecule has 3 rings (SSSR count). The van der Waals surface area contributed by atoms with Crippen molar-refractivity contribution in [2.75, 3.05) is 37.6 Å². The number of morpholine rings is 1. The quantitative estimate of drug-likeness (QED) is 0.574. The van der Waals surface area contributed by atoms with Crippen LogP contribution in [0.4, 0.5) is 11.5 Å². The number of hydrogen-bond acceptors (Lipinski definition) is 6. The highest BCUT2D eigenvalue weighted by Crippen LogP contribution is 2.31. The van der Waals surface area contributed by atoms with Crippen LogP contribution in [-0.4, -0.2) is 59.7 Å². The lowest BCUT2D eigenvalue weighted by Gasteiger charge is -2.37. The van der Waals surface area contributed by atoms with Gasteiger partial charge in [0.2, 0.25) is 0 Å². The lowest BCUT2D eigenvalue weighted by atomic mass is 9.93. The van der Waals surface area contributed by atoms with Crippen LogP contribution in [0.15, 0.2) is 12.3 Å². The molecule has 0 bridgehead atoms. The molecule has 1 aromatic heterocycles. The maximum atomic E-state index is 10.8. The molecule has 0 amide bonds. The van der Waals surface area contributed by atoms with E-state index in [4.69, 9.17) is 16.3 Å². The van der Waals surface area contributed by atoms with Crippen LogP contribution in [0.2, 0.25) is 5.02 Å². The van der Waals surface area contributed by atoms with Crippen LogP contribution in [-0.2, 0) is 4.74 Å². The summed E-state index contributed by atoms with van der Waals surface area (Å²) in [5.41, 5.74) is -0.0670. The zero-order valence-electron chi connectivity index (χ0n) is 15.4. The number of aromatic nitrogens is 1. The molecule has 2 fully saturated rings. The lowest BCUT2D eigenvalue weighted by Crippen LogP contribution is -2.46. The maximum absolute atomic E-state index is 10.8. The molecule has 0 spiro atoms. The third kappa shape index (κ3) is 4.84. The average Bonchev–Trinajstić information content (AvgIpc) is 2.59. The van der Waals surface area contributed by atoms with Gasteiger partial charge in [0.1, 0.15) is 12.0 Å². The SMILES string of the molecule is CC1CN(CCC2CCN(c3ncc([N+](=O)[O-])cc3Cl)CC2)CC(C)O1. The van der Waals surface area contributed by atoms with Crippen molar-refractivity contribution in [2.45, 2.75) is 45.3 Å². The lowest BCUT2D eigenvalue weighted by molar-refractivity contribution is -0.385. The number of hydrogen-bond donors (Lipinski definition) is 0. The van der Waals surface area contributed by atoms with Crippen LogP contribution in [0, 0.1) is 16.0 Å². The van der Waals surface area contributed by atoms with E-state index in [0.29, 0.717) is 29.0 Å². The van der Waals surface area contributed by atoms with Crippen LogP contribution in [0.3, 0.4) is 0 Å². The molecule has 2 unspecified atom stereocenters. The third-order valence-corrected chi connectivity index (χ3v) is 5.56. The van der Waals surface area contributed by atoms with Crippen molar-refractivity contribution in [2.24, 2.45) is 5.92 Å². The van der Waals surface area contributed by atoms with E-state index in [-0.39, 0.29) is 5.69 Å². The van der Waals surface area contributed by atoms with Crippen molar-refractivity contribution in [1.29, 1.82) is 0 Å². The molecule has 0 aromatic carbocycles. The second-order valence-electron chi connectivity index (χ2n) is 7.49. The molecule has 3 heterocycles. The van der Waals surface area contributed by atoms with E-state index in [1.165, 1.54) is 18.7 Å². The summed E-state index contributed by atoms with van der Waals surface area (Å²) in [6.45, 7) is 9.23. The molecule has 2 aliphatic heterocycles. The van der Waals surface area contributed by atoms with Gasteiger partial charge in [-0.15, -0.1) is 0 Å². The second kappa shape index (κ2) is 8.50. The van der Waals surface area contributed by atoms with Gasteiger partial charge in [-0.25, -0.2) is 4.98 Å². The molecular formula is C18H27ClN4O3. The van der Waals surface area contributed by atoms with E-state index in [9.17, 15) is 10.1 Å². The molecule has 2 saturated heterocycles. The van der Waals surface area contributed by atoms with Gasteiger partial charge in [-0.3, -0.25) is 15.0 Å². The fraction of sp³-hybridized carbons (Fsp3) is 0.722. The first kappa shape index (κ1) is 19.3. The summed E-state index contributed by atoms with van der Waals surface area (Å²) in [5.74, 6) is 1.36. The van der Waals surface area contributed by atoms with Gasteiger partial charge in [0.15, 0.2) is 0 Å². The van der Waals surface area contributed by atoms with Crippen LogP contribution >= 0.6 is 11.6 Å². The fourth-order valence-corrected chi connectivity index (χ4v) is 4.30. The average molecular weight is 383 g/mol. The molecule has 26 heavy (non-hydrogen) atoms. The van der Waals surface area contributed by atoms with Gasteiger partial charge in [0.25, 0.3) is 5.69 Å². The predicted octanol–water partition coefficient (Wildman–Crippen LogP) is 3.36. The maximum Gasteiger partial charge on any atom is 0.289 e. The van der Waals surface area contributed by atoms with E-state index >= 15 is 0 Å². The highest BCUT2D eigenvalue weighted by molar-refractivity contribution is 6.33. The second-order valence-corrected chi connectivity index (χ2v) is 7.90. The number of piperidine rings is 1. The smallest absolute Gasteiger partial charge is 0.289 e. The fourth-order valence-electron chi connectivity index (χ4n) is 4.02. The van der Waals surface area contributed by atoms with Crippen molar-refractivity contribution in [3.8, 4) is 0 Å². The minimum Gasteiger partial charge on any atom is -0.373 e. The first-order valence-corrected chi connectivity index (χ1v) is 9.73. The van der Waals surface area contributed by atoms with Crippen molar-refractivity contribution in [3.05, 3.63) is 27.4 Å². The van der Waals surface area contributed by atoms with E-state index < -0.39 is 4.92 Å². The van der Waals surface area contributed by atoms with Gasteiger partial charge in [0.05, 0.1) is 22.2 Å². The summed E-state index contributed by atoms with van der Waals surface area (Å²) in [4.78, 5) is 19.2. The Morgan fingerprint density at radius 1 is 1.31 bits per heavy atom. The molecule has 144 valence electrons. The summed E-state index contributed by atoms with van der Waals surface area (Å²) in [5, 5.41) is 11.2. The number of rotatable bonds is 5. The van der Waals surface area contributed by atoms with Gasteiger partial charge in [-0.05, 0) is 45.6 Å². The summed E-state index contributed by atoms with van der Waals surface area (Å²) < 4.78 is 5.80. The Bertz CT molecular complexity index is 627. The minimum absolute atomic E-state index is 0.0670.